The van der Waals surface area contributed by atoms with Crippen LogP contribution in [0.15, 0.2) is 24.3 Å². The SMILES string of the molecule is CCOc1ccc(CCC2CCN(C(=O)CCc3c(C)nn(C)c3C)CC2)cc1. The monoisotopic (exact) mass is 397 g/mol. The van der Waals surface area contributed by atoms with Crippen molar-refractivity contribution in [3.8, 4) is 5.75 Å². The Morgan fingerprint density at radius 2 is 1.83 bits per heavy atom. The Balaban J connectivity index is 1.39. The number of hydrogen-bond donors (Lipinski definition) is 0. The molecule has 1 aliphatic rings. The van der Waals surface area contributed by atoms with E-state index in [0.717, 1.165) is 50.2 Å². The van der Waals surface area contributed by atoms with Gasteiger partial charge in [0.15, 0.2) is 0 Å². The van der Waals surface area contributed by atoms with Crippen LogP contribution < -0.4 is 4.74 Å². The van der Waals surface area contributed by atoms with E-state index in [-0.39, 0.29) is 5.91 Å². The van der Waals surface area contributed by atoms with Gasteiger partial charge in [-0.05, 0) is 82.1 Å². The number of piperidine rings is 1. The van der Waals surface area contributed by atoms with E-state index in [4.69, 9.17) is 4.74 Å². The highest BCUT2D eigenvalue weighted by molar-refractivity contribution is 5.76. The number of benzene rings is 1. The first-order valence-corrected chi connectivity index (χ1v) is 11.0. The Bertz CT molecular complexity index is 802. The highest BCUT2D eigenvalue weighted by Crippen LogP contribution is 2.24. The van der Waals surface area contributed by atoms with Gasteiger partial charge in [0.05, 0.1) is 12.3 Å². The van der Waals surface area contributed by atoms with Gasteiger partial charge in [-0.25, -0.2) is 0 Å². The number of amides is 1. The summed E-state index contributed by atoms with van der Waals surface area (Å²) in [7, 11) is 1.96. The van der Waals surface area contributed by atoms with Gasteiger partial charge in [-0.3, -0.25) is 9.48 Å². The maximum atomic E-state index is 12.7. The molecule has 0 N–H and O–H groups in total. The van der Waals surface area contributed by atoms with Gasteiger partial charge in [0.1, 0.15) is 5.75 Å². The van der Waals surface area contributed by atoms with Crippen LogP contribution in [-0.2, 0) is 24.7 Å². The molecule has 5 nitrogen and oxygen atoms in total. The number of aryl methyl sites for hydroxylation is 3. The molecule has 1 fully saturated rings. The average molecular weight is 398 g/mol. The fraction of sp³-hybridized carbons (Fsp3) is 0.583. The molecule has 29 heavy (non-hydrogen) atoms. The first-order chi connectivity index (χ1) is 14.0. The van der Waals surface area contributed by atoms with Crippen LogP contribution in [0.4, 0.5) is 0 Å². The third-order valence-electron chi connectivity index (χ3n) is 6.29. The molecule has 5 heteroatoms. The number of ether oxygens (including phenoxy) is 1. The third kappa shape index (κ3) is 5.62. The smallest absolute Gasteiger partial charge is 0.222 e. The highest BCUT2D eigenvalue weighted by Gasteiger charge is 2.23. The van der Waals surface area contributed by atoms with E-state index in [0.29, 0.717) is 18.9 Å². The molecule has 3 rings (SSSR count). The summed E-state index contributed by atoms with van der Waals surface area (Å²) in [4.78, 5) is 14.7. The van der Waals surface area contributed by atoms with Crippen molar-refractivity contribution in [2.45, 2.75) is 59.3 Å². The number of carbonyl (C=O) groups excluding carboxylic acids is 1. The molecule has 0 unspecified atom stereocenters. The first kappa shape index (κ1) is 21.4. The summed E-state index contributed by atoms with van der Waals surface area (Å²) in [5.41, 5.74) is 4.81. The number of hydrogen-bond acceptors (Lipinski definition) is 3. The first-order valence-electron chi connectivity index (χ1n) is 11.0. The molecule has 0 spiro atoms. The lowest BCUT2D eigenvalue weighted by atomic mass is 9.90. The molecular weight excluding hydrogens is 362 g/mol. The fourth-order valence-electron chi connectivity index (χ4n) is 4.33. The summed E-state index contributed by atoms with van der Waals surface area (Å²) >= 11 is 0. The molecule has 2 heterocycles. The molecule has 0 aliphatic carbocycles. The number of likely N-dealkylation sites (tertiary alicyclic amines) is 1. The van der Waals surface area contributed by atoms with Crippen molar-refractivity contribution in [2.24, 2.45) is 13.0 Å². The Morgan fingerprint density at radius 3 is 2.41 bits per heavy atom. The zero-order chi connectivity index (χ0) is 20.8. The van der Waals surface area contributed by atoms with Gasteiger partial charge in [-0.15, -0.1) is 0 Å². The van der Waals surface area contributed by atoms with Gasteiger partial charge in [0, 0.05) is 32.3 Å². The maximum absolute atomic E-state index is 12.7. The molecule has 0 atom stereocenters. The molecule has 158 valence electrons. The molecular formula is C24H35N3O2. The number of carbonyl (C=O) groups is 1. The normalized spacial score (nSPS) is 15.0. The van der Waals surface area contributed by atoms with Crippen LogP contribution >= 0.6 is 0 Å². The minimum absolute atomic E-state index is 0.289. The van der Waals surface area contributed by atoms with Crippen LogP contribution in [0.1, 0.15) is 55.1 Å². The number of rotatable bonds is 8. The summed E-state index contributed by atoms with van der Waals surface area (Å²) in [6.45, 7) is 8.62. The second-order valence-electron chi connectivity index (χ2n) is 8.21. The van der Waals surface area contributed by atoms with Crippen molar-refractivity contribution < 1.29 is 9.53 Å². The van der Waals surface area contributed by atoms with Gasteiger partial charge >= 0.3 is 0 Å². The highest BCUT2D eigenvalue weighted by atomic mass is 16.5. The van der Waals surface area contributed by atoms with Crippen LogP contribution in [0.5, 0.6) is 5.75 Å². The summed E-state index contributed by atoms with van der Waals surface area (Å²) in [6, 6.07) is 8.47. The number of aromatic nitrogens is 2. The topological polar surface area (TPSA) is 47.4 Å². The predicted octanol–water partition coefficient (Wildman–Crippen LogP) is 4.24. The molecule has 0 saturated carbocycles. The van der Waals surface area contributed by atoms with Gasteiger partial charge in [-0.2, -0.15) is 5.10 Å². The molecule has 2 aromatic rings. The quantitative estimate of drug-likeness (QED) is 0.669. The van der Waals surface area contributed by atoms with Crippen molar-refractivity contribution in [1.82, 2.24) is 14.7 Å². The molecule has 1 amide bonds. The van der Waals surface area contributed by atoms with E-state index in [1.807, 2.05) is 25.6 Å². The predicted molar refractivity (Wildman–Crippen MR) is 116 cm³/mol. The Hall–Kier alpha value is -2.30. The lowest BCUT2D eigenvalue weighted by Gasteiger charge is -2.32. The molecule has 1 aromatic heterocycles. The summed E-state index contributed by atoms with van der Waals surface area (Å²) < 4.78 is 7.42. The number of nitrogens with zero attached hydrogens (tertiary/aromatic N) is 3. The molecule has 1 aliphatic heterocycles. The molecule has 1 aromatic carbocycles. The molecule has 0 bridgehead atoms. The Morgan fingerprint density at radius 1 is 1.14 bits per heavy atom. The Labute approximate surface area is 175 Å². The summed E-state index contributed by atoms with van der Waals surface area (Å²) in [5, 5.41) is 4.46. The summed E-state index contributed by atoms with van der Waals surface area (Å²) in [5.74, 6) is 1.95. The van der Waals surface area contributed by atoms with Gasteiger partial charge in [0.25, 0.3) is 0 Å². The maximum Gasteiger partial charge on any atom is 0.222 e. The largest absolute Gasteiger partial charge is 0.494 e. The van der Waals surface area contributed by atoms with Gasteiger partial charge in [-0.1, -0.05) is 12.1 Å². The van der Waals surface area contributed by atoms with Gasteiger partial charge in [0.2, 0.25) is 5.91 Å². The fourth-order valence-corrected chi connectivity index (χ4v) is 4.33. The standard InChI is InChI=1S/C24H35N3O2/c1-5-29-22-10-8-20(9-11-22)6-7-21-14-16-27(17-15-21)24(28)13-12-23-18(2)25-26(4)19(23)3/h8-11,21H,5-7,12-17H2,1-4H3. The molecule has 0 radical (unpaired) electrons. The van der Waals surface area contributed by atoms with Crippen molar-refractivity contribution in [3.63, 3.8) is 0 Å². The van der Waals surface area contributed by atoms with Crippen molar-refractivity contribution in [2.75, 3.05) is 19.7 Å². The zero-order valence-electron chi connectivity index (χ0n) is 18.4. The minimum atomic E-state index is 0.289. The van der Waals surface area contributed by atoms with Crippen molar-refractivity contribution in [3.05, 3.63) is 46.8 Å². The van der Waals surface area contributed by atoms with Crippen molar-refractivity contribution >= 4 is 5.91 Å². The van der Waals surface area contributed by atoms with Crippen LogP contribution in [0.2, 0.25) is 0 Å². The minimum Gasteiger partial charge on any atom is -0.494 e. The molecule has 1 saturated heterocycles. The van der Waals surface area contributed by atoms with Crippen LogP contribution in [0.25, 0.3) is 0 Å². The van der Waals surface area contributed by atoms with E-state index in [9.17, 15) is 4.79 Å². The second kappa shape index (κ2) is 9.95. The van der Waals surface area contributed by atoms with E-state index in [2.05, 4.69) is 41.2 Å². The Kier molecular flexibility index (Phi) is 7.34. The summed E-state index contributed by atoms with van der Waals surface area (Å²) in [6.07, 6.45) is 5.92. The van der Waals surface area contributed by atoms with Crippen LogP contribution in [0.3, 0.4) is 0 Å². The van der Waals surface area contributed by atoms with Crippen LogP contribution in [0, 0.1) is 19.8 Å². The lowest BCUT2D eigenvalue weighted by Crippen LogP contribution is -2.38. The van der Waals surface area contributed by atoms with Gasteiger partial charge < -0.3 is 9.64 Å². The average Bonchev–Trinajstić information content (AvgIpc) is 2.97. The third-order valence-corrected chi connectivity index (χ3v) is 6.29. The van der Waals surface area contributed by atoms with E-state index < -0.39 is 0 Å². The van der Waals surface area contributed by atoms with Crippen molar-refractivity contribution in [1.29, 1.82) is 0 Å². The van der Waals surface area contributed by atoms with Crippen LogP contribution in [-0.4, -0.2) is 40.3 Å². The lowest BCUT2D eigenvalue weighted by molar-refractivity contribution is -0.132. The van der Waals surface area contributed by atoms with E-state index in [1.165, 1.54) is 23.2 Å². The second-order valence-corrected chi connectivity index (χ2v) is 8.21. The zero-order valence-corrected chi connectivity index (χ0v) is 18.4. The van der Waals surface area contributed by atoms with E-state index in [1.54, 1.807) is 0 Å². The van der Waals surface area contributed by atoms with E-state index >= 15 is 0 Å².